The van der Waals surface area contributed by atoms with Gasteiger partial charge in [0.2, 0.25) is 5.78 Å². The van der Waals surface area contributed by atoms with Gasteiger partial charge in [0, 0.05) is 17.9 Å². The lowest BCUT2D eigenvalue weighted by molar-refractivity contribution is 0.0445. The topological polar surface area (TPSA) is 39.4 Å². The summed E-state index contributed by atoms with van der Waals surface area (Å²) in [5.41, 5.74) is 0.734. The first-order valence-electron chi connectivity index (χ1n) is 6.06. The number of ketones is 1. The van der Waals surface area contributed by atoms with Gasteiger partial charge in [-0.1, -0.05) is 12.1 Å². The van der Waals surface area contributed by atoms with E-state index in [0.29, 0.717) is 12.4 Å². The van der Waals surface area contributed by atoms with Crippen LogP contribution in [0.4, 0.5) is 0 Å². The van der Waals surface area contributed by atoms with Crippen LogP contribution in [0, 0.1) is 5.92 Å². The number of ether oxygens (including phenoxy) is 1. The number of carbonyl (C=O) groups is 1. The van der Waals surface area contributed by atoms with Crippen LogP contribution in [0.3, 0.4) is 0 Å². The van der Waals surface area contributed by atoms with Crippen LogP contribution >= 0.6 is 15.9 Å². The number of para-hydroxylation sites is 1. The zero-order valence-electron chi connectivity index (χ0n) is 9.82. The van der Waals surface area contributed by atoms with E-state index >= 15 is 0 Å². The largest absolute Gasteiger partial charge is 0.452 e. The second-order valence-electron chi connectivity index (χ2n) is 4.55. The van der Waals surface area contributed by atoms with Gasteiger partial charge in [-0.25, -0.2) is 0 Å². The van der Waals surface area contributed by atoms with Crippen molar-refractivity contribution >= 4 is 32.7 Å². The number of halogens is 1. The van der Waals surface area contributed by atoms with E-state index in [1.165, 1.54) is 0 Å². The number of fused-ring (bicyclic) bond motifs is 1. The highest BCUT2D eigenvalue weighted by Gasteiger charge is 2.25. The first-order chi connectivity index (χ1) is 8.75. The Hall–Kier alpha value is -1.13. The molecular weight excluding hydrogens is 296 g/mol. The second kappa shape index (κ2) is 4.86. The zero-order chi connectivity index (χ0) is 12.5. The molecule has 0 saturated carbocycles. The Morgan fingerprint density at radius 1 is 1.39 bits per heavy atom. The molecule has 1 aliphatic rings. The maximum Gasteiger partial charge on any atom is 0.203 e. The SMILES string of the molecule is O=C(c1cc2cccc(Br)c2o1)C1CCCOC1. The molecule has 1 aliphatic heterocycles. The minimum atomic E-state index is -0.0573. The molecule has 18 heavy (non-hydrogen) atoms. The van der Waals surface area contributed by atoms with Crippen LogP contribution in [0.15, 0.2) is 33.2 Å². The molecule has 2 heterocycles. The highest BCUT2D eigenvalue weighted by atomic mass is 79.9. The van der Waals surface area contributed by atoms with Crippen LogP contribution in [0.2, 0.25) is 0 Å². The van der Waals surface area contributed by atoms with Crippen molar-refractivity contribution in [3.05, 3.63) is 34.5 Å². The molecular formula is C14H13BrO3. The van der Waals surface area contributed by atoms with Gasteiger partial charge in [0.05, 0.1) is 11.1 Å². The third-order valence-corrected chi connectivity index (χ3v) is 3.89. The minimum absolute atomic E-state index is 0.0535. The molecule has 94 valence electrons. The molecule has 0 bridgehead atoms. The van der Waals surface area contributed by atoms with Crippen molar-refractivity contribution in [1.29, 1.82) is 0 Å². The van der Waals surface area contributed by atoms with Crippen LogP contribution in [0.25, 0.3) is 11.0 Å². The molecule has 1 aromatic carbocycles. The molecule has 2 aromatic rings. The van der Waals surface area contributed by atoms with Crippen molar-refractivity contribution in [2.45, 2.75) is 12.8 Å². The second-order valence-corrected chi connectivity index (χ2v) is 5.40. The van der Waals surface area contributed by atoms with Crippen LogP contribution < -0.4 is 0 Å². The lowest BCUT2D eigenvalue weighted by atomic mass is 9.96. The summed E-state index contributed by atoms with van der Waals surface area (Å²) in [5.74, 6) is 0.434. The van der Waals surface area contributed by atoms with Crippen LogP contribution in [0.1, 0.15) is 23.4 Å². The van der Waals surface area contributed by atoms with E-state index in [1.807, 2.05) is 24.3 Å². The van der Waals surface area contributed by atoms with Gasteiger partial charge in [0.25, 0.3) is 0 Å². The van der Waals surface area contributed by atoms with Gasteiger partial charge in [-0.15, -0.1) is 0 Å². The maximum absolute atomic E-state index is 12.3. The number of Topliss-reactive ketones (excluding diaryl/α,β-unsaturated/α-hetero) is 1. The average molecular weight is 309 g/mol. The van der Waals surface area contributed by atoms with Crippen molar-refractivity contribution in [1.82, 2.24) is 0 Å². The first kappa shape index (κ1) is 11.9. The smallest absolute Gasteiger partial charge is 0.203 e. The fourth-order valence-electron chi connectivity index (χ4n) is 2.30. The molecule has 0 radical (unpaired) electrons. The van der Waals surface area contributed by atoms with Crippen LogP contribution in [-0.4, -0.2) is 19.0 Å². The van der Waals surface area contributed by atoms with Gasteiger partial charge in [0.1, 0.15) is 5.58 Å². The molecule has 3 rings (SSSR count). The summed E-state index contributed by atoms with van der Waals surface area (Å²) in [6, 6.07) is 7.60. The van der Waals surface area contributed by atoms with E-state index in [9.17, 15) is 4.79 Å². The molecule has 0 spiro atoms. The minimum Gasteiger partial charge on any atom is -0.452 e. The number of rotatable bonds is 2. The summed E-state index contributed by atoms with van der Waals surface area (Å²) < 4.78 is 11.9. The van der Waals surface area contributed by atoms with E-state index in [2.05, 4.69) is 15.9 Å². The monoisotopic (exact) mass is 308 g/mol. The van der Waals surface area contributed by atoms with Gasteiger partial charge >= 0.3 is 0 Å². The van der Waals surface area contributed by atoms with Crippen molar-refractivity contribution in [2.75, 3.05) is 13.2 Å². The highest BCUT2D eigenvalue weighted by Crippen LogP contribution is 2.29. The fraction of sp³-hybridized carbons (Fsp3) is 0.357. The molecule has 0 amide bonds. The zero-order valence-corrected chi connectivity index (χ0v) is 11.4. The molecule has 4 heteroatoms. The molecule has 0 aliphatic carbocycles. The number of hydrogen-bond acceptors (Lipinski definition) is 3. The van der Waals surface area contributed by atoms with Gasteiger partial charge in [-0.05, 0) is 40.9 Å². The van der Waals surface area contributed by atoms with E-state index in [4.69, 9.17) is 9.15 Å². The average Bonchev–Trinajstić information content (AvgIpc) is 2.84. The van der Waals surface area contributed by atoms with Gasteiger partial charge in [-0.2, -0.15) is 0 Å². The summed E-state index contributed by atoms with van der Waals surface area (Å²) in [6.07, 6.45) is 1.83. The molecule has 1 aromatic heterocycles. The van der Waals surface area contributed by atoms with E-state index in [1.54, 1.807) is 0 Å². The standard InChI is InChI=1S/C14H13BrO3/c15-11-5-1-3-9-7-12(18-14(9)11)13(16)10-4-2-6-17-8-10/h1,3,5,7,10H,2,4,6,8H2. The molecule has 1 atom stereocenters. The first-order valence-corrected chi connectivity index (χ1v) is 6.85. The summed E-state index contributed by atoms with van der Waals surface area (Å²) >= 11 is 3.43. The normalized spacial score (nSPS) is 20.2. The van der Waals surface area contributed by atoms with E-state index in [-0.39, 0.29) is 11.7 Å². The Labute approximate surface area is 113 Å². The van der Waals surface area contributed by atoms with Crippen molar-refractivity contribution in [2.24, 2.45) is 5.92 Å². The van der Waals surface area contributed by atoms with Crippen molar-refractivity contribution in [3.63, 3.8) is 0 Å². The third kappa shape index (κ3) is 2.10. The number of benzene rings is 1. The van der Waals surface area contributed by atoms with Crippen LogP contribution in [0.5, 0.6) is 0 Å². The Morgan fingerprint density at radius 2 is 2.28 bits per heavy atom. The lowest BCUT2D eigenvalue weighted by Gasteiger charge is -2.19. The van der Waals surface area contributed by atoms with Crippen LogP contribution in [-0.2, 0) is 4.74 Å². The fourth-order valence-corrected chi connectivity index (χ4v) is 2.76. The summed E-state index contributed by atoms with van der Waals surface area (Å²) in [5, 5.41) is 0.949. The van der Waals surface area contributed by atoms with Gasteiger partial charge < -0.3 is 9.15 Å². The Bertz CT molecular complexity index is 582. The van der Waals surface area contributed by atoms with Crippen molar-refractivity contribution in [3.8, 4) is 0 Å². The van der Waals surface area contributed by atoms with Gasteiger partial charge in [0.15, 0.2) is 5.76 Å². The molecule has 1 unspecified atom stereocenters. The summed E-state index contributed by atoms with van der Waals surface area (Å²) in [4.78, 5) is 12.3. The quantitative estimate of drug-likeness (QED) is 0.792. The summed E-state index contributed by atoms with van der Waals surface area (Å²) in [6.45, 7) is 1.27. The number of carbonyl (C=O) groups excluding carboxylic acids is 1. The molecule has 0 N–H and O–H groups in total. The Morgan fingerprint density at radius 3 is 3.00 bits per heavy atom. The highest BCUT2D eigenvalue weighted by molar-refractivity contribution is 9.10. The van der Waals surface area contributed by atoms with Gasteiger partial charge in [-0.3, -0.25) is 4.79 Å². The number of hydrogen-bond donors (Lipinski definition) is 0. The summed E-state index contributed by atoms with van der Waals surface area (Å²) in [7, 11) is 0. The predicted molar refractivity (Wildman–Crippen MR) is 71.8 cm³/mol. The van der Waals surface area contributed by atoms with E-state index in [0.717, 1.165) is 34.9 Å². The Kier molecular flexibility index (Phi) is 3.22. The van der Waals surface area contributed by atoms with E-state index < -0.39 is 0 Å². The third-order valence-electron chi connectivity index (χ3n) is 3.27. The van der Waals surface area contributed by atoms with Crippen molar-refractivity contribution < 1.29 is 13.9 Å². The predicted octanol–water partition coefficient (Wildman–Crippen LogP) is 3.80. The Balaban J connectivity index is 1.94. The molecule has 3 nitrogen and oxygen atoms in total. The molecule has 1 fully saturated rings. The lowest BCUT2D eigenvalue weighted by Crippen LogP contribution is -2.24. The molecule has 1 saturated heterocycles. The number of furan rings is 1. The maximum atomic E-state index is 12.3.